The van der Waals surface area contributed by atoms with E-state index in [-0.39, 0.29) is 28.6 Å². The van der Waals surface area contributed by atoms with Crippen molar-refractivity contribution in [2.24, 2.45) is 10.9 Å². The first kappa shape index (κ1) is 27.9. The molecule has 0 unspecified atom stereocenters. The van der Waals surface area contributed by atoms with E-state index in [9.17, 15) is 13.6 Å². The molecular weight excluding hydrogens is 552 g/mol. The fourth-order valence-electron chi connectivity index (χ4n) is 3.76. The van der Waals surface area contributed by atoms with Gasteiger partial charge in [-0.25, -0.2) is 23.7 Å². The van der Waals surface area contributed by atoms with Gasteiger partial charge in [0.05, 0.1) is 25.4 Å². The fraction of sp³-hybridized carbons (Fsp3) is 0.250. The Labute approximate surface area is 238 Å². The van der Waals surface area contributed by atoms with Crippen LogP contribution in [0.1, 0.15) is 46.9 Å². The number of hydrogen-bond donors (Lipinski definition) is 1. The number of alkyl halides is 2. The minimum atomic E-state index is -2.83. The number of nitrogens with zero attached hydrogens (tertiary/aromatic N) is 6. The van der Waals surface area contributed by atoms with Crippen molar-refractivity contribution in [2.45, 2.75) is 31.2 Å². The van der Waals surface area contributed by atoms with Crippen LogP contribution in [0.25, 0.3) is 22.6 Å². The summed E-state index contributed by atoms with van der Waals surface area (Å²) >= 11 is 1.20. The first-order valence-corrected chi connectivity index (χ1v) is 13.4. The van der Waals surface area contributed by atoms with Crippen LogP contribution in [0.4, 0.5) is 14.6 Å². The van der Waals surface area contributed by atoms with Crippen molar-refractivity contribution in [1.29, 1.82) is 0 Å². The van der Waals surface area contributed by atoms with Gasteiger partial charge < -0.3 is 14.5 Å². The lowest BCUT2D eigenvalue weighted by atomic mass is 9.96. The Bertz CT molecular complexity index is 1680. The molecular formula is C28H23F2N7O3S. The standard InChI is InChI=1S/C28H23F2N7O3S/c1-15-36-37-27(40-15)17-7-9-19(20(10-17)21-11-22(24(29)30)32-13-23(21)39-3)26(38)34-14-41-28-25(31-2)33-12-18(35-28)8-6-16-4-5-16/h7,9-13,16,24H,2,4-5,14H2,1,3H3,(H,34,38). The molecule has 0 atom stereocenters. The smallest absolute Gasteiger partial charge is 0.280 e. The third kappa shape index (κ3) is 6.55. The molecule has 3 heterocycles. The number of aryl methyl sites for hydroxylation is 1. The molecule has 5 rings (SSSR count). The van der Waals surface area contributed by atoms with E-state index in [4.69, 9.17) is 9.15 Å². The van der Waals surface area contributed by atoms with Gasteiger partial charge in [-0.3, -0.25) is 9.78 Å². The molecule has 0 spiro atoms. The van der Waals surface area contributed by atoms with Gasteiger partial charge in [-0.1, -0.05) is 17.7 Å². The first-order chi connectivity index (χ1) is 19.9. The van der Waals surface area contributed by atoms with E-state index in [1.807, 2.05) is 0 Å². The highest BCUT2D eigenvalue weighted by atomic mass is 32.2. The normalized spacial score (nSPS) is 12.5. The Morgan fingerprint density at radius 3 is 2.76 bits per heavy atom. The van der Waals surface area contributed by atoms with E-state index < -0.39 is 18.0 Å². The van der Waals surface area contributed by atoms with Crippen LogP contribution in [0, 0.1) is 24.7 Å². The maximum atomic E-state index is 13.6. The predicted octanol–water partition coefficient (Wildman–Crippen LogP) is 5.42. The zero-order valence-electron chi connectivity index (χ0n) is 22.0. The molecule has 1 amide bonds. The minimum Gasteiger partial charge on any atom is -0.494 e. The molecule has 1 aliphatic rings. The molecule has 13 heteroatoms. The van der Waals surface area contributed by atoms with Crippen LogP contribution < -0.4 is 10.1 Å². The number of halogens is 2. The molecule has 0 bridgehead atoms. The number of pyridine rings is 1. The summed E-state index contributed by atoms with van der Waals surface area (Å²) in [7, 11) is 1.39. The lowest BCUT2D eigenvalue weighted by Crippen LogP contribution is -2.23. The second kappa shape index (κ2) is 12.2. The zero-order chi connectivity index (χ0) is 28.9. The van der Waals surface area contributed by atoms with Crippen LogP contribution in [-0.2, 0) is 0 Å². The molecule has 1 aromatic carbocycles. The summed E-state index contributed by atoms with van der Waals surface area (Å²) in [5.41, 5.74) is 1.30. The number of carbonyl (C=O) groups is 1. The van der Waals surface area contributed by atoms with E-state index in [1.165, 1.54) is 37.3 Å². The average Bonchev–Trinajstić information content (AvgIpc) is 3.72. The molecule has 1 saturated carbocycles. The highest BCUT2D eigenvalue weighted by Gasteiger charge is 2.22. The highest BCUT2D eigenvalue weighted by molar-refractivity contribution is 7.99. The molecule has 0 saturated heterocycles. The summed E-state index contributed by atoms with van der Waals surface area (Å²) in [5, 5.41) is 11.2. The SMILES string of the molecule is C=Nc1ncc(C#CC2CC2)nc1SCNC(=O)c1ccc(-c2nnc(C)o2)cc1-c1cc(C(F)F)ncc1OC. The van der Waals surface area contributed by atoms with E-state index in [0.29, 0.717) is 39.5 Å². The summed E-state index contributed by atoms with van der Waals surface area (Å²) in [6, 6.07) is 5.98. The molecule has 1 aliphatic carbocycles. The average molecular weight is 576 g/mol. The Balaban J connectivity index is 1.44. The van der Waals surface area contributed by atoms with Gasteiger partial charge in [-0.15, -0.1) is 10.2 Å². The van der Waals surface area contributed by atoms with E-state index in [0.717, 1.165) is 12.8 Å². The largest absolute Gasteiger partial charge is 0.494 e. The number of aliphatic imine (C=N–C) groups is 1. The summed E-state index contributed by atoms with van der Waals surface area (Å²) in [6.45, 7) is 5.18. The first-order valence-electron chi connectivity index (χ1n) is 12.4. The van der Waals surface area contributed by atoms with E-state index >= 15 is 0 Å². The van der Waals surface area contributed by atoms with Crippen molar-refractivity contribution >= 4 is 30.2 Å². The monoisotopic (exact) mass is 575 g/mol. The molecule has 1 fully saturated rings. The van der Waals surface area contributed by atoms with Crippen LogP contribution >= 0.6 is 11.8 Å². The van der Waals surface area contributed by atoms with Crippen LogP contribution in [0.2, 0.25) is 0 Å². The number of benzene rings is 1. The van der Waals surface area contributed by atoms with Crippen LogP contribution in [0.5, 0.6) is 5.75 Å². The second-order valence-corrected chi connectivity index (χ2v) is 9.84. The number of aromatic nitrogens is 5. The highest BCUT2D eigenvalue weighted by Crippen LogP contribution is 2.37. The topological polar surface area (TPSA) is 128 Å². The van der Waals surface area contributed by atoms with Crippen molar-refractivity contribution in [3.8, 4) is 40.2 Å². The van der Waals surface area contributed by atoms with Gasteiger partial charge >= 0.3 is 0 Å². The number of rotatable bonds is 9. The van der Waals surface area contributed by atoms with E-state index in [1.54, 1.807) is 25.1 Å². The molecule has 4 aromatic rings. The number of thioether (sulfide) groups is 1. The Morgan fingerprint density at radius 1 is 1.24 bits per heavy atom. The number of hydrogen-bond acceptors (Lipinski definition) is 10. The molecule has 0 radical (unpaired) electrons. The van der Waals surface area contributed by atoms with Gasteiger partial charge in [-0.2, -0.15) is 0 Å². The van der Waals surface area contributed by atoms with Gasteiger partial charge in [0.25, 0.3) is 12.3 Å². The van der Waals surface area contributed by atoms with Crippen LogP contribution in [0.3, 0.4) is 0 Å². The maximum absolute atomic E-state index is 13.6. The van der Waals surface area contributed by atoms with Crippen LogP contribution in [0.15, 0.2) is 51.1 Å². The number of carbonyl (C=O) groups excluding carboxylic acids is 1. The van der Waals surface area contributed by atoms with E-state index in [2.05, 4.69) is 54.0 Å². The summed E-state index contributed by atoms with van der Waals surface area (Å²) in [6.07, 6.45) is 2.09. The maximum Gasteiger partial charge on any atom is 0.280 e. The lowest BCUT2D eigenvalue weighted by molar-refractivity contribution is 0.0961. The van der Waals surface area contributed by atoms with Gasteiger partial charge in [-0.05, 0) is 55.3 Å². The van der Waals surface area contributed by atoms with Gasteiger partial charge in [0, 0.05) is 29.5 Å². The predicted molar refractivity (Wildman–Crippen MR) is 148 cm³/mol. The number of ether oxygens (including phenoxy) is 1. The Morgan fingerprint density at radius 2 is 2.07 bits per heavy atom. The number of amides is 1. The Kier molecular flexibility index (Phi) is 8.30. The zero-order valence-corrected chi connectivity index (χ0v) is 22.8. The van der Waals surface area contributed by atoms with Crippen molar-refractivity contribution in [3.05, 3.63) is 59.5 Å². The van der Waals surface area contributed by atoms with Gasteiger partial charge in [0.15, 0.2) is 5.82 Å². The van der Waals surface area contributed by atoms with Crippen molar-refractivity contribution < 1.29 is 22.7 Å². The van der Waals surface area contributed by atoms with Crippen molar-refractivity contribution in [2.75, 3.05) is 13.0 Å². The summed E-state index contributed by atoms with van der Waals surface area (Å²) in [5.74, 6) is 7.29. The summed E-state index contributed by atoms with van der Waals surface area (Å²) in [4.78, 5) is 29.9. The lowest BCUT2D eigenvalue weighted by Gasteiger charge is -2.15. The minimum absolute atomic E-state index is 0.106. The van der Waals surface area contributed by atoms with Gasteiger partial charge in [0.2, 0.25) is 11.8 Å². The molecule has 1 N–H and O–H groups in total. The number of nitrogens with one attached hydrogen (secondary N) is 1. The quantitative estimate of drug-likeness (QED) is 0.120. The Hall–Kier alpha value is -4.70. The molecule has 208 valence electrons. The fourth-order valence-corrected chi connectivity index (χ4v) is 4.51. The molecule has 10 nitrogen and oxygen atoms in total. The summed E-state index contributed by atoms with van der Waals surface area (Å²) < 4.78 is 38.1. The van der Waals surface area contributed by atoms with Crippen molar-refractivity contribution in [3.63, 3.8) is 0 Å². The van der Waals surface area contributed by atoms with Crippen LogP contribution in [-0.4, -0.2) is 50.8 Å². The molecule has 41 heavy (non-hydrogen) atoms. The van der Waals surface area contributed by atoms with Gasteiger partial charge in [0.1, 0.15) is 22.2 Å². The van der Waals surface area contributed by atoms with Crippen molar-refractivity contribution in [1.82, 2.24) is 30.5 Å². The molecule has 3 aromatic heterocycles. The second-order valence-electron chi connectivity index (χ2n) is 8.88. The molecule has 0 aliphatic heterocycles. The third-order valence-corrected chi connectivity index (χ3v) is 6.79. The third-order valence-electron chi connectivity index (χ3n) is 5.95. The number of methoxy groups -OCH3 is 1.